The molecule has 0 saturated carbocycles. The largest absolute Gasteiger partial charge is 0.316 e. The number of hydrogen-bond acceptors (Lipinski definition) is 3. The van der Waals surface area contributed by atoms with Gasteiger partial charge < -0.3 is 5.32 Å². The van der Waals surface area contributed by atoms with E-state index >= 15 is 0 Å². The Morgan fingerprint density at radius 2 is 2.33 bits per heavy atom. The summed E-state index contributed by atoms with van der Waals surface area (Å²) in [5.41, 5.74) is 1.30. The van der Waals surface area contributed by atoms with Crippen molar-refractivity contribution in [3.63, 3.8) is 0 Å². The summed E-state index contributed by atoms with van der Waals surface area (Å²) in [7, 11) is 1.99. The van der Waals surface area contributed by atoms with Crippen LogP contribution in [0.5, 0.6) is 0 Å². The molecular formula is C11H21N3S. The molecule has 0 aliphatic heterocycles. The highest BCUT2D eigenvalue weighted by atomic mass is 32.2. The molecule has 0 amide bonds. The number of thioether (sulfide) groups is 1. The standard InChI is InChI=1S/C11H21N3S/c1-3-15-10-4-7-12-8-5-11-6-9-13-14(11)2/h6,9,12H,3-5,7-8,10H2,1-2H3. The van der Waals surface area contributed by atoms with Crippen LogP contribution in [0.2, 0.25) is 0 Å². The first kappa shape index (κ1) is 12.6. The van der Waals surface area contributed by atoms with Crippen LogP contribution in [-0.4, -0.2) is 34.4 Å². The van der Waals surface area contributed by atoms with Crippen LogP contribution in [0.1, 0.15) is 19.0 Å². The summed E-state index contributed by atoms with van der Waals surface area (Å²) in [5.74, 6) is 2.50. The molecule has 0 saturated heterocycles. The lowest BCUT2D eigenvalue weighted by molar-refractivity contribution is 0.638. The molecule has 1 heterocycles. The first-order valence-electron chi connectivity index (χ1n) is 5.60. The highest BCUT2D eigenvalue weighted by molar-refractivity contribution is 7.99. The van der Waals surface area contributed by atoms with Crippen molar-refractivity contribution >= 4 is 11.8 Å². The van der Waals surface area contributed by atoms with Crippen molar-refractivity contribution in [1.82, 2.24) is 15.1 Å². The first-order chi connectivity index (χ1) is 7.34. The van der Waals surface area contributed by atoms with Crippen molar-refractivity contribution in [3.8, 4) is 0 Å². The van der Waals surface area contributed by atoms with Crippen molar-refractivity contribution in [3.05, 3.63) is 18.0 Å². The molecule has 0 aliphatic carbocycles. The third-order valence-electron chi connectivity index (χ3n) is 2.33. The lowest BCUT2D eigenvalue weighted by atomic mass is 10.3. The molecule has 0 unspecified atom stereocenters. The van der Waals surface area contributed by atoms with Gasteiger partial charge in [0.2, 0.25) is 0 Å². The van der Waals surface area contributed by atoms with Crippen LogP contribution in [0.15, 0.2) is 12.3 Å². The number of hydrogen-bond donors (Lipinski definition) is 1. The SMILES string of the molecule is CCSCCCNCCc1ccnn1C. The van der Waals surface area contributed by atoms with Crippen LogP contribution >= 0.6 is 11.8 Å². The smallest absolute Gasteiger partial charge is 0.0492 e. The van der Waals surface area contributed by atoms with Crippen LogP contribution in [0.3, 0.4) is 0 Å². The Balaban J connectivity index is 1.96. The first-order valence-corrected chi connectivity index (χ1v) is 6.75. The molecular weight excluding hydrogens is 206 g/mol. The lowest BCUT2D eigenvalue weighted by Gasteiger charge is -2.04. The second kappa shape index (κ2) is 7.77. The van der Waals surface area contributed by atoms with E-state index in [9.17, 15) is 0 Å². The second-order valence-corrected chi connectivity index (χ2v) is 4.89. The molecule has 0 radical (unpaired) electrons. The maximum atomic E-state index is 4.14. The van der Waals surface area contributed by atoms with Crippen molar-refractivity contribution in [1.29, 1.82) is 0 Å². The van der Waals surface area contributed by atoms with E-state index in [1.807, 2.05) is 29.7 Å². The molecule has 1 rings (SSSR count). The van der Waals surface area contributed by atoms with E-state index in [1.165, 1.54) is 23.6 Å². The van der Waals surface area contributed by atoms with Gasteiger partial charge in [0.1, 0.15) is 0 Å². The molecule has 0 aromatic carbocycles. The molecule has 0 bridgehead atoms. The molecule has 86 valence electrons. The minimum atomic E-state index is 1.05. The van der Waals surface area contributed by atoms with Gasteiger partial charge in [-0.1, -0.05) is 6.92 Å². The van der Waals surface area contributed by atoms with Crippen LogP contribution < -0.4 is 5.32 Å². The number of nitrogens with zero attached hydrogens (tertiary/aromatic N) is 2. The average molecular weight is 227 g/mol. The molecule has 15 heavy (non-hydrogen) atoms. The summed E-state index contributed by atoms with van der Waals surface area (Å²) < 4.78 is 1.94. The van der Waals surface area contributed by atoms with Crippen LogP contribution in [0.25, 0.3) is 0 Å². The Morgan fingerprint density at radius 1 is 1.47 bits per heavy atom. The van der Waals surface area contributed by atoms with Gasteiger partial charge in [0.05, 0.1) is 0 Å². The number of aryl methyl sites for hydroxylation is 1. The van der Waals surface area contributed by atoms with Gasteiger partial charge in [0.25, 0.3) is 0 Å². The summed E-state index contributed by atoms with van der Waals surface area (Å²) in [6.07, 6.45) is 4.19. The van der Waals surface area contributed by atoms with Crippen LogP contribution in [0.4, 0.5) is 0 Å². The fourth-order valence-corrected chi connectivity index (χ4v) is 2.07. The Morgan fingerprint density at radius 3 is 3.00 bits per heavy atom. The van der Waals surface area contributed by atoms with E-state index in [1.54, 1.807) is 0 Å². The minimum absolute atomic E-state index is 1.05. The van der Waals surface area contributed by atoms with E-state index in [4.69, 9.17) is 0 Å². The zero-order valence-electron chi connectivity index (χ0n) is 9.70. The van der Waals surface area contributed by atoms with Crippen molar-refractivity contribution < 1.29 is 0 Å². The zero-order valence-corrected chi connectivity index (χ0v) is 10.5. The van der Waals surface area contributed by atoms with Gasteiger partial charge in [-0.25, -0.2) is 0 Å². The highest BCUT2D eigenvalue weighted by Crippen LogP contribution is 1.99. The average Bonchev–Trinajstić information content (AvgIpc) is 2.63. The monoisotopic (exact) mass is 227 g/mol. The Hall–Kier alpha value is -0.480. The molecule has 0 atom stereocenters. The Kier molecular flexibility index (Phi) is 6.52. The zero-order chi connectivity index (χ0) is 10.9. The molecule has 0 aliphatic rings. The van der Waals surface area contributed by atoms with Crippen molar-refractivity contribution in [2.45, 2.75) is 19.8 Å². The Labute approximate surface area is 96.6 Å². The second-order valence-electron chi connectivity index (χ2n) is 3.50. The van der Waals surface area contributed by atoms with E-state index in [0.29, 0.717) is 0 Å². The van der Waals surface area contributed by atoms with Gasteiger partial charge in [-0.2, -0.15) is 16.9 Å². The van der Waals surface area contributed by atoms with E-state index < -0.39 is 0 Å². The van der Waals surface area contributed by atoms with Gasteiger partial charge in [-0.3, -0.25) is 4.68 Å². The predicted octanol–water partition coefficient (Wildman–Crippen LogP) is 1.70. The maximum Gasteiger partial charge on any atom is 0.0492 e. The van der Waals surface area contributed by atoms with E-state index in [-0.39, 0.29) is 0 Å². The summed E-state index contributed by atoms with van der Waals surface area (Å²) in [4.78, 5) is 0. The number of nitrogens with one attached hydrogen (secondary N) is 1. The summed E-state index contributed by atoms with van der Waals surface area (Å²) >= 11 is 2.01. The van der Waals surface area contributed by atoms with Gasteiger partial charge in [0.15, 0.2) is 0 Å². The van der Waals surface area contributed by atoms with Gasteiger partial charge in [0, 0.05) is 31.9 Å². The van der Waals surface area contributed by atoms with Gasteiger partial charge in [-0.15, -0.1) is 0 Å². The summed E-state index contributed by atoms with van der Waals surface area (Å²) in [6, 6.07) is 2.08. The molecule has 1 aromatic heterocycles. The summed E-state index contributed by atoms with van der Waals surface area (Å²) in [5, 5.41) is 7.60. The fraction of sp³-hybridized carbons (Fsp3) is 0.727. The normalized spacial score (nSPS) is 10.8. The quantitative estimate of drug-likeness (QED) is 0.686. The summed E-state index contributed by atoms with van der Waals surface area (Å²) in [6.45, 7) is 4.39. The topological polar surface area (TPSA) is 29.9 Å². The molecule has 1 N–H and O–H groups in total. The predicted molar refractivity (Wildman–Crippen MR) is 67.4 cm³/mol. The van der Waals surface area contributed by atoms with E-state index in [2.05, 4.69) is 23.4 Å². The maximum absolute atomic E-state index is 4.14. The highest BCUT2D eigenvalue weighted by Gasteiger charge is 1.96. The minimum Gasteiger partial charge on any atom is -0.316 e. The van der Waals surface area contributed by atoms with Crippen molar-refractivity contribution in [2.75, 3.05) is 24.6 Å². The molecule has 0 spiro atoms. The molecule has 0 fully saturated rings. The van der Waals surface area contributed by atoms with Crippen LogP contribution in [0, 0.1) is 0 Å². The molecule has 3 nitrogen and oxygen atoms in total. The van der Waals surface area contributed by atoms with Crippen molar-refractivity contribution in [2.24, 2.45) is 7.05 Å². The Bertz CT molecular complexity index is 260. The van der Waals surface area contributed by atoms with Gasteiger partial charge >= 0.3 is 0 Å². The lowest BCUT2D eigenvalue weighted by Crippen LogP contribution is -2.20. The van der Waals surface area contributed by atoms with Gasteiger partial charge in [-0.05, 0) is 30.5 Å². The van der Waals surface area contributed by atoms with E-state index in [0.717, 1.165) is 19.5 Å². The fourth-order valence-electron chi connectivity index (χ4n) is 1.43. The third kappa shape index (κ3) is 5.23. The number of aromatic nitrogens is 2. The van der Waals surface area contributed by atoms with Crippen LogP contribution in [-0.2, 0) is 13.5 Å². The third-order valence-corrected chi connectivity index (χ3v) is 3.31. The molecule has 4 heteroatoms. The molecule has 1 aromatic rings. The number of rotatable bonds is 8.